The summed E-state index contributed by atoms with van der Waals surface area (Å²) in [4.78, 5) is 3.22. The smallest absolute Gasteiger partial charge is 0.161 e. The Balaban J connectivity index is 1.97. The molecular weight excluding hydrogens is 222 g/mol. The van der Waals surface area contributed by atoms with E-state index in [0.29, 0.717) is 0 Å². The molecule has 0 saturated carbocycles. The molecule has 0 aliphatic carbocycles. The van der Waals surface area contributed by atoms with Gasteiger partial charge in [0.15, 0.2) is 11.6 Å². The Hall–Kier alpha value is -2.42. The van der Waals surface area contributed by atoms with Crippen LogP contribution in [0.5, 0.6) is 0 Å². The molecule has 0 spiro atoms. The maximum Gasteiger partial charge on any atom is 0.161 e. The molecule has 0 aliphatic rings. The van der Waals surface area contributed by atoms with E-state index in [9.17, 15) is 0 Å². The number of aromatic amines is 1. The van der Waals surface area contributed by atoms with Crippen LogP contribution in [0.2, 0.25) is 0 Å². The minimum atomic E-state index is 0.769. The largest absolute Gasteiger partial charge is 0.321 e. The first-order chi connectivity index (χ1) is 8.83. The van der Waals surface area contributed by atoms with Gasteiger partial charge in [0.05, 0.1) is 0 Å². The third-order valence-electron chi connectivity index (χ3n) is 2.78. The summed E-state index contributed by atoms with van der Waals surface area (Å²) in [6.45, 7) is 2.01. The molecule has 1 aromatic heterocycles. The first-order valence-electron chi connectivity index (χ1n) is 5.80. The van der Waals surface area contributed by atoms with Crippen LogP contribution in [-0.2, 0) is 0 Å². The molecule has 2 aromatic carbocycles. The number of aromatic nitrogens is 3. The number of nitrogens with zero attached hydrogens (tertiary/aromatic N) is 2. The maximum absolute atomic E-state index is 4.17. The highest BCUT2D eigenvalue weighted by molar-refractivity contribution is 5.60. The molecule has 18 heavy (non-hydrogen) atoms. The molecule has 0 amide bonds. The molecule has 0 unspecified atom stereocenters. The minimum absolute atomic E-state index is 0.769. The van der Waals surface area contributed by atoms with Crippen molar-refractivity contribution in [2.75, 3.05) is 0 Å². The van der Waals surface area contributed by atoms with E-state index in [1.165, 1.54) is 0 Å². The standard InChI is InChI=1S/C15H12N3/c1-11-7-9-13(10-8-11)15-16-14(17-18-15)12-5-3-2-4-6-12/h2-7,9-10H,1H3,(H,16,17,18). The van der Waals surface area contributed by atoms with E-state index in [2.05, 4.69) is 21.2 Å². The molecule has 1 N–H and O–H groups in total. The van der Waals surface area contributed by atoms with Gasteiger partial charge in [0.1, 0.15) is 0 Å². The monoisotopic (exact) mass is 234 g/mol. The summed E-state index contributed by atoms with van der Waals surface area (Å²) in [6, 6.07) is 19.1. The van der Waals surface area contributed by atoms with E-state index in [1.807, 2.05) is 55.5 Å². The Morgan fingerprint density at radius 2 is 1.61 bits per heavy atom. The Labute approximate surface area is 106 Å². The van der Waals surface area contributed by atoms with Crippen molar-refractivity contribution in [3.63, 3.8) is 0 Å². The van der Waals surface area contributed by atoms with Crippen LogP contribution in [0.3, 0.4) is 0 Å². The van der Waals surface area contributed by atoms with Gasteiger partial charge in [-0.25, -0.2) is 0 Å². The van der Waals surface area contributed by atoms with Crippen LogP contribution >= 0.6 is 0 Å². The molecule has 3 aromatic rings. The van der Waals surface area contributed by atoms with Gasteiger partial charge in [0.25, 0.3) is 0 Å². The average Bonchev–Trinajstić information content (AvgIpc) is 2.90. The highest BCUT2D eigenvalue weighted by Gasteiger charge is 2.06. The molecule has 3 nitrogen and oxygen atoms in total. The lowest BCUT2D eigenvalue weighted by atomic mass is 10.1. The number of nitrogens with one attached hydrogen (secondary N) is 1. The Bertz CT molecular complexity index is 639. The number of rotatable bonds is 2. The summed E-state index contributed by atoms with van der Waals surface area (Å²) in [6.07, 6.45) is 0. The van der Waals surface area contributed by atoms with Crippen molar-refractivity contribution in [2.45, 2.75) is 6.92 Å². The van der Waals surface area contributed by atoms with Crippen LogP contribution in [0.15, 0.2) is 48.5 Å². The number of benzene rings is 2. The van der Waals surface area contributed by atoms with Crippen LogP contribution in [0.4, 0.5) is 0 Å². The molecule has 0 aliphatic heterocycles. The van der Waals surface area contributed by atoms with Crippen molar-refractivity contribution in [3.8, 4) is 22.8 Å². The van der Waals surface area contributed by atoms with Gasteiger partial charge in [-0.2, -0.15) is 0 Å². The zero-order valence-electron chi connectivity index (χ0n) is 10.0. The number of aryl methyl sites for hydroxylation is 1. The van der Waals surface area contributed by atoms with Gasteiger partial charge in [0, 0.05) is 11.1 Å². The van der Waals surface area contributed by atoms with Gasteiger partial charge < -0.3 is 4.98 Å². The third kappa shape index (κ3) is 2.02. The minimum Gasteiger partial charge on any atom is -0.321 e. The van der Waals surface area contributed by atoms with E-state index in [4.69, 9.17) is 0 Å². The van der Waals surface area contributed by atoms with Gasteiger partial charge in [-0.1, -0.05) is 42.5 Å². The molecule has 87 valence electrons. The van der Waals surface area contributed by atoms with Crippen LogP contribution in [0, 0.1) is 13.0 Å². The van der Waals surface area contributed by atoms with Crippen molar-refractivity contribution in [1.29, 1.82) is 0 Å². The lowest BCUT2D eigenvalue weighted by Crippen LogP contribution is -1.81. The fourth-order valence-corrected chi connectivity index (χ4v) is 1.77. The summed E-state index contributed by atoms with van der Waals surface area (Å²) >= 11 is 0. The molecule has 0 atom stereocenters. The molecule has 3 heteroatoms. The van der Waals surface area contributed by atoms with E-state index >= 15 is 0 Å². The SMILES string of the molecule is Cc1[c]cc(-c2nnc(-c3ccccc3)[nH]2)cc1. The zero-order valence-corrected chi connectivity index (χ0v) is 10.0. The summed E-state index contributed by atoms with van der Waals surface area (Å²) in [5.74, 6) is 1.55. The molecular formula is C15H12N3. The Kier molecular flexibility index (Phi) is 2.65. The topological polar surface area (TPSA) is 41.6 Å². The fourth-order valence-electron chi connectivity index (χ4n) is 1.77. The van der Waals surface area contributed by atoms with E-state index < -0.39 is 0 Å². The molecule has 0 bridgehead atoms. The lowest BCUT2D eigenvalue weighted by molar-refractivity contribution is 1.10. The van der Waals surface area contributed by atoms with Crippen LogP contribution in [-0.4, -0.2) is 15.2 Å². The predicted molar refractivity (Wildman–Crippen MR) is 70.8 cm³/mol. The molecule has 1 radical (unpaired) electrons. The van der Waals surface area contributed by atoms with Crippen molar-refractivity contribution < 1.29 is 0 Å². The molecule has 0 fully saturated rings. The number of H-pyrrole nitrogens is 1. The van der Waals surface area contributed by atoms with Crippen LogP contribution in [0.25, 0.3) is 22.8 Å². The summed E-state index contributed by atoms with van der Waals surface area (Å²) in [5, 5.41) is 8.33. The van der Waals surface area contributed by atoms with Crippen LogP contribution < -0.4 is 0 Å². The second kappa shape index (κ2) is 4.45. The molecule has 3 rings (SSSR count). The quantitative estimate of drug-likeness (QED) is 0.739. The van der Waals surface area contributed by atoms with Crippen molar-refractivity contribution in [1.82, 2.24) is 15.2 Å². The fraction of sp³-hybridized carbons (Fsp3) is 0.0667. The van der Waals surface area contributed by atoms with Gasteiger partial charge in [-0.05, 0) is 24.6 Å². The van der Waals surface area contributed by atoms with Crippen molar-refractivity contribution >= 4 is 0 Å². The Morgan fingerprint density at radius 1 is 0.889 bits per heavy atom. The third-order valence-corrected chi connectivity index (χ3v) is 2.78. The van der Waals surface area contributed by atoms with Gasteiger partial charge in [-0.3, -0.25) is 0 Å². The van der Waals surface area contributed by atoms with Gasteiger partial charge in [-0.15, -0.1) is 10.2 Å². The first-order valence-corrected chi connectivity index (χ1v) is 5.80. The van der Waals surface area contributed by atoms with Gasteiger partial charge in [0.2, 0.25) is 0 Å². The number of hydrogen-bond donors (Lipinski definition) is 1. The van der Waals surface area contributed by atoms with Gasteiger partial charge >= 0.3 is 0 Å². The normalized spacial score (nSPS) is 10.5. The predicted octanol–water partition coefficient (Wildman–Crippen LogP) is 3.25. The summed E-state index contributed by atoms with van der Waals surface area (Å²) < 4.78 is 0. The van der Waals surface area contributed by atoms with Crippen LogP contribution in [0.1, 0.15) is 5.56 Å². The second-order valence-electron chi connectivity index (χ2n) is 4.15. The van der Waals surface area contributed by atoms with Crippen molar-refractivity contribution in [2.24, 2.45) is 0 Å². The highest BCUT2D eigenvalue weighted by atomic mass is 15.2. The first kappa shape index (κ1) is 10.7. The highest BCUT2D eigenvalue weighted by Crippen LogP contribution is 2.19. The van der Waals surface area contributed by atoms with E-state index in [1.54, 1.807) is 0 Å². The van der Waals surface area contributed by atoms with E-state index in [0.717, 1.165) is 28.3 Å². The zero-order chi connectivity index (χ0) is 12.4. The average molecular weight is 234 g/mol. The van der Waals surface area contributed by atoms with E-state index in [-0.39, 0.29) is 0 Å². The second-order valence-corrected chi connectivity index (χ2v) is 4.15. The van der Waals surface area contributed by atoms with Crippen molar-refractivity contribution in [3.05, 3.63) is 60.2 Å². The number of hydrogen-bond acceptors (Lipinski definition) is 2. The maximum atomic E-state index is 4.17. The molecule has 1 heterocycles. The summed E-state index contributed by atoms with van der Waals surface area (Å²) in [7, 11) is 0. The molecule has 0 saturated heterocycles. The lowest BCUT2D eigenvalue weighted by Gasteiger charge is -1.96. The Morgan fingerprint density at radius 3 is 2.28 bits per heavy atom. The summed E-state index contributed by atoms with van der Waals surface area (Å²) in [5.41, 5.74) is 3.14.